The summed E-state index contributed by atoms with van der Waals surface area (Å²) in [5, 5.41) is -0.0514. The van der Waals surface area contributed by atoms with Gasteiger partial charge in [-0.05, 0) is 12.2 Å². The standard InChI is InChI=1S/C13H10Cl4O4/c1-20-13(21-2)11(16)7-5(18)3-4-6(19)8(7)12(13,17)10(15)9(11)14/h3-4,7-8H,1-2H3/t7-,8-,11+,12+/m1/s1. The van der Waals surface area contributed by atoms with Crippen molar-refractivity contribution in [1.82, 2.24) is 0 Å². The number of methoxy groups -OCH3 is 2. The number of carbonyl (C=O) groups excluding carboxylic acids is 2. The van der Waals surface area contributed by atoms with Crippen molar-refractivity contribution in [3.05, 3.63) is 22.2 Å². The minimum atomic E-state index is -1.72. The third kappa shape index (κ3) is 1.34. The SMILES string of the molecule is COC1(OC)[C@@]2(Cl)C(Cl)=C(Cl)[C@@]1(Cl)[C@@H]1C(=O)C=CC(=O)[C@H]12. The Balaban J connectivity index is 2.39. The third-order valence-corrected chi connectivity index (χ3v) is 7.19. The zero-order chi connectivity index (χ0) is 15.8. The molecule has 4 nitrogen and oxygen atoms in total. The molecule has 0 aromatic rings. The van der Waals surface area contributed by atoms with Gasteiger partial charge in [0, 0.05) is 14.2 Å². The summed E-state index contributed by atoms with van der Waals surface area (Å²) in [5.41, 5.74) is 0. The number of hydrogen-bond donors (Lipinski definition) is 0. The average molecular weight is 372 g/mol. The maximum Gasteiger partial charge on any atom is 0.218 e. The topological polar surface area (TPSA) is 52.6 Å². The van der Waals surface area contributed by atoms with E-state index in [0.29, 0.717) is 0 Å². The Bertz CT molecular complexity index is 576. The van der Waals surface area contributed by atoms with Gasteiger partial charge in [0.2, 0.25) is 5.79 Å². The molecule has 0 radical (unpaired) electrons. The first-order valence-electron chi connectivity index (χ1n) is 6.04. The number of ether oxygens (including phenoxy) is 2. The van der Waals surface area contributed by atoms with E-state index < -0.39 is 27.4 Å². The summed E-state index contributed by atoms with van der Waals surface area (Å²) in [6.07, 6.45) is 2.34. The maximum atomic E-state index is 12.3. The van der Waals surface area contributed by atoms with Crippen LogP contribution in [0.25, 0.3) is 0 Å². The zero-order valence-corrected chi connectivity index (χ0v) is 14.0. The Hall–Kier alpha value is -0.100. The quantitative estimate of drug-likeness (QED) is 0.553. The summed E-state index contributed by atoms with van der Waals surface area (Å²) >= 11 is 25.8. The van der Waals surface area contributed by atoms with Gasteiger partial charge in [-0.15, -0.1) is 23.2 Å². The van der Waals surface area contributed by atoms with E-state index in [-0.39, 0.29) is 21.6 Å². The van der Waals surface area contributed by atoms with Crippen LogP contribution in [0, 0.1) is 11.8 Å². The van der Waals surface area contributed by atoms with Gasteiger partial charge >= 0.3 is 0 Å². The number of hydrogen-bond acceptors (Lipinski definition) is 4. The summed E-state index contributed by atoms with van der Waals surface area (Å²) in [6, 6.07) is 0. The van der Waals surface area contributed by atoms with Crippen LogP contribution in [0.5, 0.6) is 0 Å². The van der Waals surface area contributed by atoms with E-state index in [4.69, 9.17) is 55.9 Å². The van der Waals surface area contributed by atoms with Crippen molar-refractivity contribution in [2.75, 3.05) is 14.2 Å². The molecule has 0 amide bonds. The van der Waals surface area contributed by atoms with Gasteiger partial charge < -0.3 is 9.47 Å². The van der Waals surface area contributed by atoms with E-state index in [0.717, 1.165) is 0 Å². The average Bonchev–Trinajstić information content (AvgIpc) is 2.72. The number of alkyl halides is 2. The van der Waals surface area contributed by atoms with Crippen molar-refractivity contribution < 1.29 is 19.1 Å². The second-order valence-corrected chi connectivity index (χ2v) is 7.12. The minimum Gasteiger partial charge on any atom is -0.350 e. The van der Waals surface area contributed by atoms with Gasteiger partial charge in [-0.1, -0.05) is 23.2 Å². The molecular weight excluding hydrogens is 362 g/mol. The molecule has 0 unspecified atom stereocenters. The van der Waals surface area contributed by atoms with E-state index >= 15 is 0 Å². The van der Waals surface area contributed by atoms with E-state index in [9.17, 15) is 9.59 Å². The largest absolute Gasteiger partial charge is 0.350 e. The number of ketones is 2. The van der Waals surface area contributed by atoms with Gasteiger partial charge in [-0.3, -0.25) is 9.59 Å². The first kappa shape index (κ1) is 15.8. The highest BCUT2D eigenvalue weighted by Gasteiger charge is 2.87. The van der Waals surface area contributed by atoms with Gasteiger partial charge in [-0.25, -0.2) is 0 Å². The number of halogens is 4. The van der Waals surface area contributed by atoms with Crippen LogP contribution in [0.4, 0.5) is 0 Å². The zero-order valence-electron chi connectivity index (χ0n) is 11.0. The lowest BCUT2D eigenvalue weighted by Crippen LogP contribution is -2.58. The summed E-state index contributed by atoms with van der Waals surface area (Å²) < 4.78 is 10.9. The molecular formula is C13H10Cl4O4. The van der Waals surface area contributed by atoms with Crippen LogP contribution in [0.15, 0.2) is 22.2 Å². The fourth-order valence-corrected chi connectivity index (χ4v) is 5.97. The summed E-state index contributed by atoms with van der Waals surface area (Å²) in [7, 11) is 2.63. The Morgan fingerprint density at radius 1 is 0.905 bits per heavy atom. The molecule has 3 rings (SSSR count). The highest BCUT2D eigenvalue weighted by atomic mass is 35.5. The molecule has 3 aliphatic rings. The Morgan fingerprint density at radius 2 is 1.24 bits per heavy atom. The Morgan fingerprint density at radius 3 is 1.52 bits per heavy atom. The van der Waals surface area contributed by atoms with Gasteiger partial charge in [0.15, 0.2) is 11.6 Å². The molecule has 1 fully saturated rings. The summed E-state index contributed by atoms with van der Waals surface area (Å²) in [5.74, 6) is -4.44. The molecule has 4 atom stereocenters. The fraction of sp³-hybridized carbons (Fsp3) is 0.538. The predicted molar refractivity (Wildman–Crippen MR) is 78.8 cm³/mol. The summed E-state index contributed by atoms with van der Waals surface area (Å²) in [4.78, 5) is 21.3. The van der Waals surface area contributed by atoms with Crippen molar-refractivity contribution in [2.24, 2.45) is 11.8 Å². The first-order chi connectivity index (χ1) is 9.74. The highest BCUT2D eigenvalue weighted by Crippen LogP contribution is 2.74. The molecule has 0 saturated heterocycles. The van der Waals surface area contributed by atoms with Crippen LogP contribution < -0.4 is 0 Å². The van der Waals surface area contributed by atoms with E-state index in [1.54, 1.807) is 0 Å². The fourth-order valence-electron chi connectivity index (χ4n) is 3.78. The summed E-state index contributed by atoms with van der Waals surface area (Å²) in [6.45, 7) is 0. The van der Waals surface area contributed by atoms with Crippen molar-refractivity contribution in [3.8, 4) is 0 Å². The first-order valence-corrected chi connectivity index (χ1v) is 7.55. The third-order valence-electron chi connectivity index (χ3n) is 4.58. The monoisotopic (exact) mass is 370 g/mol. The lowest BCUT2D eigenvalue weighted by Gasteiger charge is -2.40. The molecule has 8 heteroatoms. The Labute approximate surface area is 140 Å². The second kappa shape index (κ2) is 4.47. The van der Waals surface area contributed by atoms with Crippen molar-refractivity contribution in [1.29, 1.82) is 0 Å². The molecule has 1 saturated carbocycles. The van der Waals surface area contributed by atoms with E-state index in [1.807, 2.05) is 0 Å². The molecule has 21 heavy (non-hydrogen) atoms. The molecule has 0 spiro atoms. The van der Waals surface area contributed by atoms with Crippen LogP contribution in [0.1, 0.15) is 0 Å². The van der Waals surface area contributed by atoms with Crippen molar-refractivity contribution in [3.63, 3.8) is 0 Å². The second-order valence-electron chi connectivity index (χ2n) is 5.17. The van der Waals surface area contributed by atoms with Gasteiger partial charge in [-0.2, -0.15) is 0 Å². The molecule has 2 bridgehead atoms. The molecule has 3 aliphatic carbocycles. The number of rotatable bonds is 2. The smallest absolute Gasteiger partial charge is 0.218 e. The lowest BCUT2D eigenvalue weighted by atomic mass is 9.74. The lowest BCUT2D eigenvalue weighted by molar-refractivity contribution is -0.220. The molecule has 0 aromatic carbocycles. The molecule has 0 N–H and O–H groups in total. The maximum absolute atomic E-state index is 12.3. The van der Waals surface area contributed by atoms with Gasteiger partial charge in [0.05, 0.1) is 21.9 Å². The van der Waals surface area contributed by atoms with E-state index in [1.165, 1.54) is 26.4 Å². The van der Waals surface area contributed by atoms with Crippen LogP contribution in [-0.2, 0) is 19.1 Å². The van der Waals surface area contributed by atoms with Crippen molar-refractivity contribution >= 4 is 58.0 Å². The van der Waals surface area contributed by atoms with E-state index in [2.05, 4.69) is 0 Å². The van der Waals surface area contributed by atoms with Crippen LogP contribution >= 0.6 is 46.4 Å². The number of fused-ring (bicyclic) bond motifs is 5. The van der Waals surface area contributed by atoms with Crippen LogP contribution in [-0.4, -0.2) is 41.3 Å². The van der Waals surface area contributed by atoms with Gasteiger partial charge in [0.1, 0.15) is 9.75 Å². The highest BCUT2D eigenvalue weighted by molar-refractivity contribution is 6.53. The van der Waals surface area contributed by atoms with Gasteiger partial charge in [0.25, 0.3) is 0 Å². The Kier molecular flexibility index (Phi) is 3.36. The normalized spacial score (nSPS) is 43.7. The van der Waals surface area contributed by atoms with Crippen LogP contribution in [0.2, 0.25) is 0 Å². The molecule has 0 aliphatic heterocycles. The number of carbonyl (C=O) groups is 2. The van der Waals surface area contributed by atoms with Crippen LogP contribution in [0.3, 0.4) is 0 Å². The molecule has 114 valence electrons. The predicted octanol–water partition coefficient (Wildman–Crippen LogP) is 2.59. The molecule has 0 heterocycles. The molecule has 0 aromatic heterocycles. The van der Waals surface area contributed by atoms with Crippen molar-refractivity contribution in [2.45, 2.75) is 15.5 Å². The minimum absolute atomic E-state index is 0.0257. The number of allylic oxidation sites excluding steroid dienone is 2.